The number of carbonyl (C=O) groups excluding carboxylic acids is 1. The molecular formula is C25H25N7O2. The number of benzene rings is 2. The maximum Gasteiger partial charge on any atom is 0.257 e. The molecule has 1 unspecified atom stereocenters. The van der Waals surface area contributed by atoms with E-state index in [0.717, 1.165) is 36.4 Å². The molecule has 1 saturated heterocycles. The molecule has 34 heavy (non-hydrogen) atoms. The number of hydrazine groups is 1. The number of ether oxygens (including phenoxy) is 1. The van der Waals surface area contributed by atoms with Crippen LogP contribution in [-0.2, 0) is 4.79 Å². The monoisotopic (exact) mass is 455 g/mol. The Labute approximate surface area is 196 Å². The molecule has 3 heterocycles. The summed E-state index contributed by atoms with van der Waals surface area (Å²) in [7, 11) is 0. The molecule has 9 nitrogen and oxygen atoms in total. The van der Waals surface area contributed by atoms with Gasteiger partial charge in [0.05, 0.1) is 11.4 Å². The van der Waals surface area contributed by atoms with Gasteiger partial charge in [0.15, 0.2) is 5.65 Å². The zero-order chi connectivity index (χ0) is 23.5. The molecule has 0 aliphatic carbocycles. The first-order chi connectivity index (χ1) is 16.6. The average Bonchev–Trinajstić information content (AvgIpc) is 3.26. The Balaban J connectivity index is 1.47. The number of aromatic nitrogens is 4. The number of nitrogens with one attached hydrogen (secondary N) is 1. The van der Waals surface area contributed by atoms with E-state index >= 15 is 0 Å². The molecule has 1 atom stereocenters. The summed E-state index contributed by atoms with van der Waals surface area (Å²) < 4.78 is 7.82. The summed E-state index contributed by atoms with van der Waals surface area (Å²) in [5, 5.41) is 7.53. The minimum atomic E-state index is -0.226. The summed E-state index contributed by atoms with van der Waals surface area (Å²) in [5.74, 6) is 1.65. The summed E-state index contributed by atoms with van der Waals surface area (Å²) in [5.41, 5.74) is 11.4. The summed E-state index contributed by atoms with van der Waals surface area (Å²) in [6, 6.07) is 17.4. The van der Waals surface area contributed by atoms with E-state index in [9.17, 15) is 4.79 Å². The first-order valence-corrected chi connectivity index (χ1v) is 11.1. The van der Waals surface area contributed by atoms with Crippen LogP contribution in [0.3, 0.4) is 0 Å². The molecule has 2 aromatic heterocycles. The van der Waals surface area contributed by atoms with Gasteiger partial charge in [-0.25, -0.2) is 19.7 Å². The number of nitrogens with two attached hydrogens (primary N) is 1. The molecule has 1 aliphatic rings. The molecule has 9 heteroatoms. The molecule has 5 rings (SSSR count). The van der Waals surface area contributed by atoms with E-state index in [0.29, 0.717) is 29.1 Å². The Morgan fingerprint density at radius 2 is 1.88 bits per heavy atom. The lowest BCUT2D eigenvalue weighted by Gasteiger charge is -2.32. The van der Waals surface area contributed by atoms with Crippen molar-refractivity contribution in [2.24, 2.45) is 0 Å². The van der Waals surface area contributed by atoms with Crippen molar-refractivity contribution in [2.75, 3.05) is 18.8 Å². The Hall–Kier alpha value is -4.24. The Bertz CT molecular complexity index is 1320. The third-order valence-corrected chi connectivity index (χ3v) is 5.82. The molecule has 2 aromatic carbocycles. The standard InChI is InChI=1S/C25H25N7O2/c1-2-21(33)29-31-14-6-7-18(15-31)32-25-22(24(26)27-16-28-25)23(30-32)17-10-12-20(13-11-17)34-19-8-4-3-5-9-19/h2-5,8-13,16,18H,1,6-7,14-15H2,(H,29,33)(H2,26,27,28). The molecule has 3 N–H and O–H groups in total. The van der Waals surface area contributed by atoms with E-state index in [1.807, 2.05) is 64.3 Å². The van der Waals surface area contributed by atoms with Gasteiger partial charge in [0, 0.05) is 18.7 Å². The highest BCUT2D eigenvalue weighted by Gasteiger charge is 2.27. The number of hydrogen-bond acceptors (Lipinski definition) is 7. The molecule has 172 valence electrons. The van der Waals surface area contributed by atoms with Crippen LogP contribution in [0.1, 0.15) is 18.9 Å². The van der Waals surface area contributed by atoms with E-state index in [2.05, 4.69) is 22.0 Å². The summed E-state index contributed by atoms with van der Waals surface area (Å²) in [6.45, 7) is 4.89. The van der Waals surface area contributed by atoms with Crippen molar-refractivity contribution in [1.29, 1.82) is 0 Å². The molecular weight excluding hydrogens is 430 g/mol. The number of nitrogens with zero attached hydrogens (tertiary/aromatic N) is 5. The van der Waals surface area contributed by atoms with Crippen LogP contribution in [0, 0.1) is 0 Å². The largest absolute Gasteiger partial charge is 0.457 e. The van der Waals surface area contributed by atoms with Gasteiger partial charge in [0.25, 0.3) is 5.91 Å². The molecule has 1 amide bonds. The van der Waals surface area contributed by atoms with Gasteiger partial charge in [0.2, 0.25) is 0 Å². The molecule has 1 fully saturated rings. The van der Waals surface area contributed by atoms with Crippen LogP contribution in [0.15, 0.2) is 73.6 Å². The first-order valence-electron chi connectivity index (χ1n) is 11.1. The first kappa shape index (κ1) is 21.6. The lowest BCUT2D eigenvalue weighted by atomic mass is 10.1. The number of para-hydroxylation sites is 1. The maximum absolute atomic E-state index is 11.8. The Morgan fingerprint density at radius 3 is 2.65 bits per heavy atom. The molecule has 0 radical (unpaired) electrons. The number of anilines is 1. The van der Waals surface area contributed by atoms with Crippen molar-refractivity contribution in [1.82, 2.24) is 30.2 Å². The van der Waals surface area contributed by atoms with Crippen LogP contribution < -0.4 is 15.9 Å². The van der Waals surface area contributed by atoms with Gasteiger partial charge in [0.1, 0.15) is 29.3 Å². The number of amides is 1. The van der Waals surface area contributed by atoms with E-state index in [4.69, 9.17) is 15.6 Å². The molecule has 0 spiro atoms. The number of fused-ring (bicyclic) bond motifs is 1. The van der Waals surface area contributed by atoms with Crippen molar-refractivity contribution < 1.29 is 9.53 Å². The number of piperidine rings is 1. The van der Waals surface area contributed by atoms with Crippen LogP contribution in [0.2, 0.25) is 0 Å². The van der Waals surface area contributed by atoms with Gasteiger partial charge in [-0.3, -0.25) is 10.2 Å². The van der Waals surface area contributed by atoms with E-state index in [1.165, 1.54) is 12.4 Å². The third kappa shape index (κ3) is 4.33. The number of carbonyl (C=O) groups is 1. The van der Waals surface area contributed by atoms with E-state index in [-0.39, 0.29) is 11.9 Å². The van der Waals surface area contributed by atoms with Gasteiger partial charge < -0.3 is 10.5 Å². The van der Waals surface area contributed by atoms with Gasteiger partial charge in [-0.05, 0) is 55.3 Å². The van der Waals surface area contributed by atoms with E-state index < -0.39 is 0 Å². The molecule has 0 bridgehead atoms. The predicted octanol–water partition coefficient (Wildman–Crippen LogP) is 3.72. The molecule has 0 saturated carbocycles. The van der Waals surface area contributed by atoms with Gasteiger partial charge in [-0.2, -0.15) is 5.10 Å². The number of hydrogen-bond donors (Lipinski definition) is 2. The number of rotatable bonds is 6. The van der Waals surface area contributed by atoms with Crippen molar-refractivity contribution >= 4 is 22.8 Å². The molecule has 4 aromatic rings. The average molecular weight is 456 g/mol. The minimum absolute atomic E-state index is 0.0186. The highest BCUT2D eigenvalue weighted by molar-refractivity contribution is 5.98. The second-order valence-electron chi connectivity index (χ2n) is 8.11. The minimum Gasteiger partial charge on any atom is -0.457 e. The fourth-order valence-electron chi connectivity index (χ4n) is 4.21. The quantitative estimate of drug-likeness (QED) is 0.426. The zero-order valence-corrected chi connectivity index (χ0v) is 18.6. The summed E-state index contributed by atoms with van der Waals surface area (Å²) >= 11 is 0. The normalized spacial score (nSPS) is 16.3. The smallest absolute Gasteiger partial charge is 0.257 e. The van der Waals surface area contributed by atoms with Crippen LogP contribution in [0.4, 0.5) is 5.82 Å². The van der Waals surface area contributed by atoms with Crippen molar-refractivity contribution in [3.63, 3.8) is 0 Å². The highest BCUT2D eigenvalue weighted by Crippen LogP contribution is 2.34. The SMILES string of the molecule is C=CC(=O)NN1CCCC(n2nc(-c3ccc(Oc4ccccc4)cc3)c3c(N)ncnc32)C1. The Kier molecular flexibility index (Phi) is 5.92. The van der Waals surface area contributed by atoms with Crippen molar-refractivity contribution in [2.45, 2.75) is 18.9 Å². The lowest BCUT2D eigenvalue weighted by Crippen LogP contribution is -2.47. The fourth-order valence-corrected chi connectivity index (χ4v) is 4.21. The zero-order valence-electron chi connectivity index (χ0n) is 18.6. The summed E-state index contributed by atoms with van der Waals surface area (Å²) in [6.07, 6.45) is 4.54. The second kappa shape index (κ2) is 9.32. The van der Waals surface area contributed by atoms with Crippen molar-refractivity contribution in [3.8, 4) is 22.8 Å². The van der Waals surface area contributed by atoms with Gasteiger partial charge >= 0.3 is 0 Å². The molecule has 1 aliphatic heterocycles. The van der Waals surface area contributed by atoms with Gasteiger partial charge in [-0.1, -0.05) is 24.8 Å². The lowest BCUT2D eigenvalue weighted by molar-refractivity contribution is -0.121. The predicted molar refractivity (Wildman–Crippen MR) is 130 cm³/mol. The van der Waals surface area contributed by atoms with Crippen LogP contribution in [-0.4, -0.2) is 43.8 Å². The highest BCUT2D eigenvalue weighted by atomic mass is 16.5. The third-order valence-electron chi connectivity index (χ3n) is 5.82. The topological polar surface area (TPSA) is 111 Å². The fraction of sp³-hybridized carbons (Fsp3) is 0.200. The van der Waals surface area contributed by atoms with Crippen LogP contribution in [0.25, 0.3) is 22.3 Å². The van der Waals surface area contributed by atoms with Gasteiger partial charge in [-0.15, -0.1) is 0 Å². The summed E-state index contributed by atoms with van der Waals surface area (Å²) in [4.78, 5) is 20.5. The van der Waals surface area contributed by atoms with E-state index in [1.54, 1.807) is 0 Å². The number of nitrogen functional groups attached to an aromatic ring is 1. The van der Waals surface area contributed by atoms with Crippen molar-refractivity contribution in [3.05, 3.63) is 73.6 Å². The van der Waals surface area contributed by atoms with Crippen LogP contribution in [0.5, 0.6) is 11.5 Å². The Morgan fingerprint density at radius 1 is 1.12 bits per heavy atom. The maximum atomic E-state index is 11.8. The van der Waals surface area contributed by atoms with Crippen LogP contribution >= 0.6 is 0 Å². The second-order valence-corrected chi connectivity index (χ2v) is 8.11.